The van der Waals surface area contributed by atoms with Gasteiger partial charge in [0.05, 0.1) is 19.8 Å². The fourth-order valence-corrected chi connectivity index (χ4v) is 3.92. The van der Waals surface area contributed by atoms with E-state index in [1.165, 1.54) is 31.4 Å². The largest absolute Gasteiger partial charge is 0.508 e. The number of rotatable bonds is 6. The SMILES string of the molecule is COc1cc2c(cc1O)[C@H](Cc1ccc(OC)c(OC(=O)c3ccc(O)cc3)c1)NCC2. The van der Waals surface area contributed by atoms with Crippen LogP contribution in [0.3, 0.4) is 0 Å². The number of phenolic OH excluding ortho intramolecular Hbond substituents is 2. The van der Waals surface area contributed by atoms with Crippen LogP contribution in [0.1, 0.15) is 33.1 Å². The second-order valence-electron chi connectivity index (χ2n) is 7.61. The van der Waals surface area contributed by atoms with Crippen LogP contribution in [-0.4, -0.2) is 36.9 Å². The van der Waals surface area contributed by atoms with E-state index in [2.05, 4.69) is 5.32 Å². The molecule has 0 spiro atoms. The van der Waals surface area contributed by atoms with E-state index in [-0.39, 0.29) is 17.5 Å². The zero-order valence-electron chi connectivity index (χ0n) is 17.9. The van der Waals surface area contributed by atoms with Gasteiger partial charge < -0.3 is 29.7 Å². The molecule has 32 heavy (non-hydrogen) atoms. The first kappa shape index (κ1) is 21.5. The van der Waals surface area contributed by atoms with E-state index in [0.29, 0.717) is 29.2 Å². The van der Waals surface area contributed by atoms with E-state index < -0.39 is 5.97 Å². The number of fused-ring (bicyclic) bond motifs is 1. The quantitative estimate of drug-likeness (QED) is 0.401. The highest BCUT2D eigenvalue weighted by Gasteiger charge is 2.23. The van der Waals surface area contributed by atoms with Crippen LogP contribution < -0.4 is 19.5 Å². The molecule has 0 amide bonds. The number of ether oxygens (including phenoxy) is 3. The molecule has 0 radical (unpaired) electrons. The van der Waals surface area contributed by atoms with Crippen LogP contribution in [-0.2, 0) is 12.8 Å². The van der Waals surface area contributed by atoms with Crippen LogP contribution in [0.2, 0.25) is 0 Å². The number of esters is 1. The second kappa shape index (κ2) is 9.20. The summed E-state index contributed by atoms with van der Waals surface area (Å²) in [7, 11) is 3.06. The lowest BCUT2D eigenvalue weighted by Gasteiger charge is -2.28. The minimum Gasteiger partial charge on any atom is -0.508 e. The zero-order valence-corrected chi connectivity index (χ0v) is 17.9. The fraction of sp³-hybridized carbons (Fsp3) is 0.240. The highest BCUT2D eigenvalue weighted by molar-refractivity contribution is 5.91. The molecule has 3 N–H and O–H groups in total. The Morgan fingerprint density at radius 2 is 1.72 bits per heavy atom. The van der Waals surface area contributed by atoms with Crippen LogP contribution in [0, 0.1) is 0 Å². The third kappa shape index (κ3) is 4.48. The van der Waals surface area contributed by atoms with Crippen molar-refractivity contribution in [3.8, 4) is 28.7 Å². The number of phenols is 2. The second-order valence-corrected chi connectivity index (χ2v) is 7.61. The summed E-state index contributed by atoms with van der Waals surface area (Å²) in [5.41, 5.74) is 3.42. The number of carbonyl (C=O) groups excluding carboxylic acids is 1. The number of carbonyl (C=O) groups is 1. The van der Waals surface area contributed by atoms with Crippen LogP contribution in [0.25, 0.3) is 0 Å². The van der Waals surface area contributed by atoms with Gasteiger partial charge in [0.2, 0.25) is 0 Å². The Morgan fingerprint density at radius 3 is 2.44 bits per heavy atom. The Kier molecular flexibility index (Phi) is 6.18. The molecule has 0 aromatic heterocycles. The Hall–Kier alpha value is -3.71. The van der Waals surface area contributed by atoms with Crippen molar-refractivity contribution in [2.24, 2.45) is 0 Å². The standard InChI is InChI=1S/C25H25NO6/c1-30-22-8-3-15(12-24(22)32-25(29)16-4-6-18(27)7-5-16)11-20-19-14-21(28)23(31-2)13-17(19)9-10-26-20/h3-8,12-14,20,26-28H,9-11H2,1-2H3/t20-/m0/s1. The maximum Gasteiger partial charge on any atom is 0.343 e. The lowest BCUT2D eigenvalue weighted by molar-refractivity contribution is 0.0729. The Bertz CT molecular complexity index is 1130. The van der Waals surface area contributed by atoms with Gasteiger partial charge in [-0.15, -0.1) is 0 Å². The average Bonchev–Trinajstić information content (AvgIpc) is 2.79. The lowest BCUT2D eigenvalue weighted by atomic mass is 9.90. The van der Waals surface area contributed by atoms with Gasteiger partial charge in [-0.05, 0) is 84.6 Å². The molecule has 7 nitrogen and oxygen atoms in total. The number of methoxy groups -OCH3 is 2. The Labute approximate surface area is 186 Å². The molecule has 0 saturated carbocycles. The van der Waals surface area contributed by atoms with Gasteiger partial charge in [-0.1, -0.05) is 6.07 Å². The molecule has 1 aliphatic rings. The van der Waals surface area contributed by atoms with Crippen LogP contribution in [0.4, 0.5) is 0 Å². The highest BCUT2D eigenvalue weighted by Crippen LogP contribution is 2.36. The maximum absolute atomic E-state index is 12.5. The zero-order chi connectivity index (χ0) is 22.7. The van der Waals surface area contributed by atoms with Crippen molar-refractivity contribution in [3.63, 3.8) is 0 Å². The van der Waals surface area contributed by atoms with E-state index in [1.54, 1.807) is 25.3 Å². The molecule has 0 saturated heterocycles. The molecule has 4 rings (SSSR count). The van der Waals surface area contributed by atoms with E-state index in [4.69, 9.17) is 14.2 Å². The first-order chi connectivity index (χ1) is 15.5. The molecule has 7 heteroatoms. The fourth-order valence-electron chi connectivity index (χ4n) is 3.92. The van der Waals surface area contributed by atoms with E-state index in [0.717, 1.165) is 29.7 Å². The molecule has 0 bridgehead atoms. The number of hydrogen-bond acceptors (Lipinski definition) is 7. The normalized spacial score (nSPS) is 15.0. The molecule has 3 aromatic rings. The molecular weight excluding hydrogens is 410 g/mol. The monoisotopic (exact) mass is 435 g/mol. The van der Waals surface area contributed by atoms with Crippen molar-refractivity contribution in [1.82, 2.24) is 5.32 Å². The van der Waals surface area contributed by atoms with E-state index in [9.17, 15) is 15.0 Å². The van der Waals surface area contributed by atoms with Crippen molar-refractivity contribution in [1.29, 1.82) is 0 Å². The molecule has 3 aromatic carbocycles. The average molecular weight is 435 g/mol. The predicted octanol–water partition coefficient (Wildman–Crippen LogP) is 3.76. The first-order valence-electron chi connectivity index (χ1n) is 10.3. The van der Waals surface area contributed by atoms with Crippen LogP contribution in [0.15, 0.2) is 54.6 Å². The van der Waals surface area contributed by atoms with Gasteiger partial charge in [0.1, 0.15) is 5.75 Å². The summed E-state index contributed by atoms with van der Waals surface area (Å²) >= 11 is 0. The minimum absolute atomic E-state index is 0.00963. The van der Waals surface area contributed by atoms with E-state index >= 15 is 0 Å². The number of nitrogens with one attached hydrogen (secondary N) is 1. The van der Waals surface area contributed by atoms with Gasteiger partial charge in [-0.3, -0.25) is 0 Å². The van der Waals surface area contributed by atoms with E-state index in [1.807, 2.05) is 12.1 Å². The molecule has 0 unspecified atom stereocenters. The molecule has 166 valence electrons. The molecule has 0 aliphatic carbocycles. The first-order valence-corrected chi connectivity index (χ1v) is 10.3. The maximum atomic E-state index is 12.5. The van der Waals surface area contributed by atoms with Gasteiger partial charge in [0.15, 0.2) is 23.0 Å². The molecule has 1 aliphatic heterocycles. The van der Waals surface area contributed by atoms with Crippen molar-refractivity contribution in [3.05, 3.63) is 76.9 Å². The molecule has 1 atom stereocenters. The minimum atomic E-state index is -0.543. The smallest absolute Gasteiger partial charge is 0.343 e. The topological polar surface area (TPSA) is 97.3 Å². The summed E-state index contributed by atoms with van der Waals surface area (Å²) < 4.78 is 16.2. The summed E-state index contributed by atoms with van der Waals surface area (Å²) in [5.74, 6) is 0.871. The third-order valence-electron chi connectivity index (χ3n) is 5.57. The summed E-state index contributed by atoms with van der Waals surface area (Å²) in [4.78, 5) is 12.5. The summed E-state index contributed by atoms with van der Waals surface area (Å²) in [6, 6.07) is 15.0. The highest BCUT2D eigenvalue weighted by atomic mass is 16.6. The molecule has 0 fully saturated rings. The van der Waals surface area contributed by atoms with Gasteiger partial charge in [0, 0.05) is 6.04 Å². The molecular formula is C25H25NO6. The summed E-state index contributed by atoms with van der Waals surface area (Å²) in [5, 5.41) is 23.2. The van der Waals surface area contributed by atoms with Gasteiger partial charge in [-0.25, -0.2) is 4.79 Å². The predicted molar refractivity (Wildman–Crippen MR) is 119 cm³/mol. The van der Waals surface area contributed by atoms with Crippen molar-refractivity contribution in [2.45, 2.75) is 18.9 Å². The van der Waals surface area contributed by atoms with Gasteiger partial charge in [-0.2, -0.15) is 0 Å². The summed E-state index contributed by atoms with van der Waals surface area (Å²) in [6.07, 6.45) is 1.48. The number of hydrogen-bond donors (Lipinski definition) is 3. The number of aromatic hydroxyl groups is 2. The van der Waals surface area contributed by atoms with Crippen molar-refractivity contribution >= 4 is 5.97 Å². The Balaban J connectivity index is 1.58. The summed E-state index contributed by atoms with van der Waals surface area (Å²) in [6.45, 7) is 0.810. The van der Waals surface area contributed by atoms with Crippen LogP contribution >= 0.6 is 0 Å². The Morgan fingerprint density at radius 1 is 0.969 bits per heavy atom. The van der Waals surface area contributed by atoms with Crippen LogP contribution in [0.5, 0.6) is 28.7 Å². The molecule has 1 heterocycles. The van der Waals surface area contributed by atoms with Crippen molar-refractivity contribution in [2.75, 3.05) is 20.8 Å². The van der Waals surface area contributed by atoms with Gasteiger partial charge in [0.25, 0.3) is 0 Å². The lowest BCUT2D eigenvalue weighted by Crippen LogP contribution is -2.31. The third-order valence-corrected chi connectivity index (χ3v) is 5.57. The number of benzene rings is 3. The van der Waals surface area contributed by atoms with Crippen molar-refractivity contribution < 1.29 is 29.2 Å². The van der Waals surface area contributed by atoms with Gasteiger partial charge >= 0.3 is 5.97 Å².